The lowest BCUT2D eigenvalue weighted by atomic mass is 9.91. The van der Waals surface area contributed by atoms with Gasteiger partial charge >= 0.3 is 5.97 Å². The molecule has 3 aliphatic rings. The molecule has 2 aliphatic heterocycles. The van der Waals surface area contributed by atoms with E-state index < -0.39 is 0 Å². The number of hydrogen-bond acceptors (Lipinski definition) is 5. The fourth-order valence-electron chi connectivity index (χ4n) is 4.44. The number of nitrogens with one attached hydrogen (secondary N) is 1. The molecule has 1 N–H and O–H groups in total. The van der Waals surface area contributed by atoms with Crippen molar-refractivity contribution < 1.29 is 19.0 Å². The van der Waals surface area contributed by atoms with Crippen molar-refractivity contribution in [2.75, 3.05) is 25.6 Å². The fourth-order valence-corrected chi connectivity index (χ4v) is 4.44. The predicted molar refractivity (Wildman–Crippen MR) is 81.1 cm³/mol. The van der Waals surface area contributed by atoms with E-state index >= 15 is 0 Å². The smallest absolute Gasteiger partial charge is 0.311 e. The van der Waals surface area contributed by atoms with Crippen LogP contribution in [0.5, 0.6) is 5.75 Å². The summed E-state index contributed by atoms with van der Waals surface area (Å²) in [6, 6.07) is 6.11. The molecular weight excluding hydrogens is 282 g/mol. The first-order chi connectivity index (χ1) is 10.7. The highest BCUT2D eigenvalue weighted by atomic mass is 16.5. The highest BCUT2D eigenvalue weighted by Crippen LogP contribution is 2.55. The second kappa shape index (κ2) is 5.16. The Morgan fingerprint density at radius 1 is 1.45 bits per heavy atom. The molecule has 1 aliphatic carbocycles. The van der Waals surface area contributed by atoms with Gasteiger partial charge in [0.1, 0.15) is 5.75 Å². The van der Waals surface area contributed by atoms with Crippen molar-refractivity contribution in [1.82, 2.24) is 0 Å². The Morgan fingerprint density at radius 3 is 3.09 bits per heavy atom. The summed E-state index contributed by atoms with van der Waals surface area (Å²) in [5, 5.41) is 3.53. The van der Waals surface area contributed by atoms with Gasteiger partial charge in [0.15, 0.2) is 0 Å². The molecule has 5 atom stereocenters. The van der Waals surface area contributed by atoms with Crippen molar-refractivity contribution in [3.05, 3.63) is 23.8 Å². The first-order valence-corrected chi connectivity index (χ1v) is 7.97. The van der Waals surface area contributed by atoms with Crippen LogP contribution in [-0.4, -0.2) is 38.4 Å². The molecule has 0 unspecified atom stereocenters. The number of ether oxygens (including phenoxy) is 3. The van der Waals surface area contributed by atoms with Crippen molar-refractivity contribution in [3.63, 3.8) is 0 Å². The maximum atomic E-state index is 12.5. The van der Waals surface area contributed by atoms with E-state index in [9.17, 15) is 4.79 Å². The normalized spacial score (nSPS) is 34.5. The van der Waals surface area contributed by atoms with E-state index in [2.05, 4.69) is 11.4 Å². The Kier molecular flexibility index (Phi) is 3.26. The van der Waals surface area contributed by atoms with Crippen LogP contribution < -0.4 is 10.1 Å². The molecule has 4 rings (SSSR count). The number of hydrogen-bond donors (Lipinski definition) is 1. The molecule has 0 aromatic heterocycles. The lowest BCUT2D eigenvalue weighted by molar-refractivity contribution is -0.149. The minimum Gasteiger partial charge on any atom is -0.497 e. The molecule has 22 heavy (non-hydrogen) atoms. The summed E-state index contributed by atoms with van der Waals surface area (Å²) in [7, 11) is 1.67. The standard InChI is InChI=1S/C17H21NO4/c1-3-21-17(19)14-10-6-7-22-16(10)13-11-8-9(20-2)4-5-12(11)18-15(13)14/h4-5,8,10,13-16,18H,3,6-7H2,1-2H3/t10-,13-,14-,15+,16+/m1/s1. The second-order valence-electron chi connectivity index (χ2n) is 6.21. The fraction of sp³-hybridized carbons (Fsp3) is 0.588. The van der Waals surface area contributed by atoms with E-state index in [-0.39, 0.29) is 35.9 Å². The van der Waals surface area contributed by atoms with E-state index in [1.54, 1.807) is 7.11 Å². The summed E-state index contributed by atoms with van der Waals surface area (Å²) in [5.74, 6) is 1.07. The molecule has 118 valence electrons. The summed E-state index contributed by atoms with van der Waals surface area (Å²) < 4.78 is 16.7. The minimum atomic E-state index is -0.129. The van der Waals surface area contributed by atoms with Crippen LogP contribution in [0.1, 0.15) is 24.8 Å². The van der Waals surface area contributed by atoms with Gasteiger partial charge in [0, 0.05) is 30.2 Å². The molecular formula is C17H21NO4. The minimum absolute atomic E-state index is 0.0662. The average Bonchev–Trinajstić information content (AvgIpc) is 3.16. The summed E-state index contributed by atoms with van der Waals surface area (Å²) in [6.07, 6.45) is 1.03. The largest absolute Gasteiger partial charge is 0.497 e. The quantitative estimate of drug-likeness (QED) is 0.867. The molecule has 5 heteroatoms. The maximum absolute atomic E-state index is 12.5. The Labute approximate surface area is 129 Å². The molecule has 1 aromatic carbocycles. The molecule has 2 fully saturated rings. The molecule has 5 nitrogen and oxygen atoms in total. The third kappa shape index (κ3) is 1.85. The van der Waals surface area contributed by atoms with Crippen LogP contribution in [0.15, 0.2) is 18.2 Å². The molecule has 2 heterocycles. The van der Waals surface area contributed by atoms with Gasteiger partial charge in [-0.25, -0.2) is 0 Å². The van der Waals surface area contributed by atoms with Crippen LogP contribution in [0.3, 0.4) is 0 Å². The zero-order chi connectivity index (χ0) is 15.3. The van der Waals surface area contributed by atoms with Crippen molar-refractivity contribution in [2.24, 2.45) is 11.8 Å². The van der Waals surface area contributed by atoms with Gasteiger partial charge in [-0.05, 0) is 37.1 Å². The predicted octanol–water partition coefficient (Wildman–Crippen LogP) is 2.17. The number of anilines is 1. The van der Waals surface area contributed by atoms with Crippen LogP contribution in [-0.2, 0) is 14.3 Å². The third-order valence-electron chi connectivity index (χ3n) is 5.27. The van der Waals surface area contributed by atoms with Gasteiger partial charge in [0.2, 0.25) is 0 Å². The third-order valence-corrected chi connectivity index (χ3v) is 5.27. The Bertz CT molecular complexity index is 602. The van der Waals surface area contributed by atoms with Crippen LogP contribution >= 0.6 is 0 Å². The monoisotopic (exact) mass is 303 g/mol. The highest BCUT2D eigenvalue weighted by molar-refractivity contribution is 5.78. The van der Waals surface area contributed by atoms with Gasteiger partial charge in [-0.2, -0.15) is 0 Å². The highest BCUT2D eigenvalue weighted by Gasteiger charge is 2.59. The van der Waals surface area contributed by atoms with Crippen molar-refractivity contribution in [2.45, 2.75) is 31.4 Å². The topological polar surface area (TPSA) is 56.8 Å². The van der Waals surface area contributed by atoms with Gasteiger partial charge in [0.25, 0.3) is 0 Å². The first-order valence-electron chi connectivity index (χ1n) is 7.97. The lowest BCUT2D eigenvalue weighted by Gasteiger charge is -2.21. The molecule has 0 spiro atoms. The summed E-state index contributed by atoms with van der Waals surface area (Å²) in [4.78, 5) is 12.5. The van der Waals surface area contributed by atoms with E-state index in [4.69, 9.17) is 14.2 Å². The van der Waals surface area contributed by atoms with Gasteiger partial charge in [-0.1, -0.05) is 0 Å². The number of carbonyl (C=O) groups is 1. The van der Waals surface area contributed by atoms with Gasteiger partial charge in [0.05, 0.1) is 25.7 Å². The molecule has 1 saturated heterocycles. The van der Waals surface area contributed by atoms with Crippen molar-refractivity contribution in [1.29, 1.82) is 0 Å². The second-order valence-corrected chi connectivity index (χ2v) is 6.21. The lowest BCUT2D eigenvalue weighted by Crippen LogP contribution is -2.34. The first kappa shape index (κ1) is 13.9. The van der Waals surface area contributed by atoms with Gasteiger partial charge in [-0.3, -0.25) is 4.79 Å². The molecule has 0 amide bonds. The van der Waals surface area contributed by atoms with E-state index in [1.165, 1.54) is 5.56 Å². The zero-order valence-electron chi connectivity index (χ0n) is 12.9. The zero-order valence-corrected chi connectivity index (χ0v) is 12.9. The maximum Gasteiger partial charge on any atom is 0.311 e. The van der Waals surface area contributed by atoms with E-state index in [0.29, 0.717) is 6.61 Å². The summed E-state index contributed by atoms with van der Waals surface area (Å²) in [5.41, 5.74) is 2.28. The number of rotatable bonds is 3. The summed E-state index contributed by atoms with van der Waals surface area (Å²) in [6.45, 7) is 3.01. The van der Waals surface area contributed by atoms with Crippen LogP contribution in [0.4, 0.5) is 5.69 Å². The van der Waals surface area contributed by atoms with Crippen LogP contribution in [0, 0.1) is 11.8 Å². The number of benzene rings is 1. The number of fused-ring (bicyclic) bond motifs is 5. The van der Waals surface area contributed by atoms with Crippen molar-refractivity contribution in [3.8, 4) is 5.75 Å². The van der Waals surface area contributed by atoms with Gasteiger partial charge < -0.3 is 19.5 Å². The van der Waals surface area contributed by atoms with Crippen LogP contribution in [0.25, 0.3) is 0 Å². The van der Waals surface area contributed by atoms with E-state index in [0.717, 1.165) is 24.5 Å². The number of carbonyl (C=O) groups excluding carboxylic acids is 1. The summed E-state index contributed by atoms with van der Waals surface area (Å²) >= 11 is 0. The van der Waals surface area contributed by atoms with Crippen molar-refractivity contribution >= 4 is 11.7 Å². The SMILES string of the molecule is CCOC(=O)[C@@H]1[C@H]2CCO[C@@H]2[C@@H]2c3cc(OC)ccc3N[C@H]12. The van der Waals surface area contributed by atoms with Crippen LogP contribution in [0.2, 0.25) is 0 Å². The average molecular weight is 303 g/mol. The number of esters is 1. The Hall–Kier alpha value is -1.75. The molecule has 1 saturated carbocycles. The van der Waals surface area contributed by atoms with E-state index in [1.807, 2.05) is 19.1 Å². The molecule has 0 bridgehead atoms. The Morgan fingerprint density at radius 2 is 2.32 bits per heavy atom. The molecule has 0 radical (unpaired) electrons. The van der Waals surface area contributed by atoms with Gasteiger partial charge in [-0.15, -0.1) is 0 Å². The molecule has 1 aromatic rings. The number of methoxy groups -OCH3 is 1. The Balaban J connectivity index is 1.72.